The van der Waals surface area contributed by atoms with Crippen molar-refractivity contribution in [1.29, 1.82) is 0 Å². The van der Waals surface area contributed by atoms with Crippen molar-refractivity contribution in [2.24, 2.45) is 28.6 Å². The number of hydrogen-bond acceptors (Lipinski definition) is 4. The maximum absolute atomic E-state index is 11.5. The molecule has 0 aromatic heterocycles. The van der Waals surface area contributed by atoms with Gasteiger partial charge in [0.25, 0.3) is 0 Å². The van der Waals surface area contributed by atoms with Gasteiger partial charge in [-0.25, -0.2) is 0 Å². The van der Waals surface area contributed by atoms with Crippen LogP contribution < -0.4 is 0 Å². The average Bonchev–Trinajstić information content (AvgIpc) is 2.86. The second-order valence-corrected chi connectivity index (χ2v) is 8.95. The monoisotopic (exact) mass is 358 g/mol. The Morgan fingerprint density at radius 1 is 1.23 bits per heavy atom. The molecule has 0 aromatic rings. The van der Waals surface area contributed by atoms with E-state index < -0.39 is 5.79 Å². The Balaban J connectivity index is 1.75. The fourth-order valence-corrected chi connectivity index (χ4v) is 6.46. The second-order valence-electron chi connectivity index (χ2n) is 8.95. The number of aliphatic hydroxyl groups is 1. The number of fused-ring (bicyclic) bond motifs is 5. The molecule has 26 heavy (non-hydrogen) atoms. The van der Waals surface area contributed by atoms with Crippen molar-refractivity contribution in [3.63, 3.8) is 0 Å². The third-order valence-corrected chi connectivity index (χ3v) is 7.92. The van der Waals surface area contributed by atoms with Gasteiger partial charge >= 0.3 is 5.97 Å². The molecule has 0 aromatic carbocycles. The molecule has 0 heterocycles. The van der Waals surface area contributed by atoms with Crippen molar-refractivity contribution in [2.45, 2.75) is 58.7 Å². The summed E-state index contributed by atoms with van der Waals surface area (Å²) in [6.07, 6.45) is 13.3. The molecule has 4 aliphatic carbocycles. The Morgan fingerprint density at radius 2 is 1.96 bits per heavy atom. The van der Waals surface area contributed by atoms with Crippen LogP contribution in [0.1, 0.15) is 52.9 Å². The molecule has 4 nitrogen and oxygen atoms in total. The molecular formula is C22H30O4. The molecule has 4 heteroatoms. The number of esters is 1. The summed E-state index contributed by atoms with van der Waals surface area (Å²) in [7, 11) is 1.63. The summed E-state index contributed by atoms with van der Waals surface area (Å²) in [4.78, 5) is 11.5. The van der Waals surface area contributed by atoms with E-state index in [0.29, 0.717) is 30.6 Å². The summed E-state index contributed by atoms with van der Waals surface area (Å²) in [5.74, 6) is 0.810. The van der Waals surface area contributed by atoms with E-state index in [9.17, 15) is 9.90 Å². The number of carbonyl (C=O) groups excluding carboxylic acids is 1. The third kappa shape index (κ3) is 2.24. The Hall–Kier alpha value is -1.39. The molecule has 0 unspecified atom stereocenters. The van der Waals surface area contributed by atoms with Crippen LogP contribution >= 0.6 is 0 Å². The highest BCUT2D eigenvalue weighted by molar-refractivity contribution is 5.68. The van der Waals surface area contributed by atoms with Gasteiger partial charge < -0.3 is 14.6 Å². The van der Waals surface area contributed by atoms with E-state index >= 15 is 0 Å². The lowest BCUT2D eigenvalue weighted by Crippen LogP contribution is -2.54. The van der Waals surface area contributed by atoms with Crippen LogP contribution in [-0.2, 0) is 14.3 Å². The van der Waals surface area contributed by atoms with E-state index in [1.54, 1.807) is 7.11 Å². The van der Waals surface area contributed by atoms with Gasteiger partial charge in [0.05, 0.1) is 0 Å². The molecule has 2 fully saturated rings. The van der Waals surface area contributed by atoms with Crippen LogP contribution in [0.5, 0.6) is 0 Å². The zero-order valence-corrected chi connectivity index (χ0v) is 16.2. The quantitative estimate of drug-likeness (QED) is 0.458. The molecule has 0 aliphatic heterocycles. The van der Waals surface area contributed by atoms with Crippen molar-refractivity contribution in [3.05, 3.63) is 35.6 Å². The van der Waals surface area contributed by atoms with Crippen LogP contribution in [0.15, 0.2) is 35.6 Å². The number of rotatable bonds is 2. The minimum Gasteiger partial charge on any atom is -0.431 e. The smallest absolute Gasteiger partial charge is 0.307 e. The normalized spacial score (nSPS) is 46.6. The number of carbonyl (C=O) groups is 1. The topological polar surface area (TPSA) is 55.8 Å². The number of ether oxygens (including phenoxy) is 2. The summed E-state index contributed by atoms with van der Waals surface area (Å²) in [5, 5.41) is 11.1. The molecule has 2 saturated carbocycles. The lowest BCUT2D eigenvalue weighted by molar-refractivity contribution is -0.260. The third-order valence-electron chi connectivity index (χ3n) is 7.92. The van der Waals surface area contributed by atoms with Crippen LogP contribution in [0.2, 0.25) is 0 Å². The van der Waals surface area contributed by atoms with Gasteiger partial charge in [-0.05, 0) is 37.0 Å². The molecule has 0 radical (unpaired) electrons. The highest BCUT2D eigenvalue weighted by atomic mass is 16.6. The van der Waals surface area contributed by atoms with E-state index in [1.807, 2.05) is 0 Å². The highest BCUT2D eigenvalue weighted by Gasteiger charge is 2.63. The van der Waals surface area contributed by atoms with Crippen molar-refractivity contribution < 1.29 is 19.4 Å². The van der Waals surface area contributed by atoms with Gasteiger partial charge in [-0.1, -0.05) is 38.2 Å². The fraction of sp³-hybridized carbons (Fsp3) is 0.682. The predicted molar refractivity (Wildman–Crippen MR) is 98.8 cm³/mol. The molecule has 4 rings (SSSR count). The van der Waals surface area contributed by atoms with E-state index in [-0.39, 0.29) is 16.8 Å². The van der Waals surface area contributed by atoms with Gasteiger partial charge in [-0.3, -0.25) is 4.79 Å². The van der Waals surface area contributed by atoms with Gasteiger partial charge in [0, 0.05) is 43.3 Å². The number of allylic oxidation sites excluding steroid dienone is 5. The van der Waals surface area contributed by atoms with E-state index in [2.05, 4.69) is 38.2 Å². The summed E-state index contributed by atoms with van der Waals surface area (Å²) in [6, 6.07) is 0. The molecule has 0 bridgehead atoms. The summed E-state index contributed by atoms with van der Waals surface area (Å²) in [6.45, 7) is 5.95. The molecule has 6 atom stereocenters. The van der Waals surface area contributed by atoms with Crippen LogP contribution in [0, 0.1) is 28.6 Å². The van der Waals surface area contributed by atoms with Crippen LogP contribution in [0.4, 0.5) is 0 Å². The summed E-state index contributed by atoms with van der Waals surface area (Å²) < 4.78 is 11.1. The van der Waals surface area contributed by atoms with Crippen molar-refractivity contribution >= 4 is 5.97 Å². The SMILES string of the molecule is CO[C@]1(O)CC[C@H]2[C@@H]3C=CC4=C(OC(C)=O)CC=C[C@]4(C)[C@H]3CC[C@@]21C. The van der Waals surface area contributed by atoms with Gasteiger partial charge in [0.15, 0.2) is 5.79 Å². The number of methoxy groups -OCH3 is 1. The first-order valence-corrected chi connectivity index (χ1v) is 9.81. The van der Waals surface area contributed by atoms with Crippen molar-refractivity contribution in [1.82, 2.24) is 0 Å². The zero-order chi connectivity index (χ0) is 18.7. The molecule has 0 amide bonds. The first-order valence-electron chi connectivity index (χ1n) is 9.81. The van der Waals surface area contributed by atoms with Crippen molar-refractivity contribution in [2.75, 3.05) is 7.11 Å². The lowest BCUT2D eigenvalue weighted by atomic mass is 9.50. The maximum atomic E-state index is 11.5. The zero-order valence-electron chi connectivity index (χ0n) is 16.2. The van der Waals surface area contributed by atoms with Gasteiger partial charge in [-0.15, -0.1) is 0 Å². The largest absolute Gasteiger partial charge is 0.431 e. The van der Waals surface area contributed by atoms with Gasteiger partial charge in [-0.2, -0.15) is 0 Å². The Kier molecular flexibility index (Phi) is 4.02. The van der Waals surface area contributed by atoms with E-state index in [0.717, 1.165) is 30.6 Å². The molecule has 142 valence electrons. The Bertz CT molecular complexity index is 720. The second kappa shape index (κ2) is 5.80. The summed E-state index contributed by atoms with van der Waals surface area (Å²) >= 11 is 0. The molecule has 0 saturated heterocycles. The van der Waals surface area contributed by atoms with E-state index in [1.165, 1.54) is 6.92 Å². The van der Waals surface area contributed by atoms with Crippen LogP contribution in [0.3, 0.4) is 0 Å². The Morgan fingerprint density at radius 3 is 2.65 bits per heavy atom. The van der Waals surface area contributed by atoms with E-state index in [4.69, 9.17) is 9.47 Å². The fourth-order valence-electron chi connectivity index (χ4n) is 6.46. The molecular weight excluding hydrogens is 328 g/mol. The Labute approximate surface area is 155 Å². The van der Waals surface area contributed by atoms with Crippen LogP contribution in [0.25, 0.3) is 0 Å². The highest BCUT2D eigenvalue weighted by Crippen LogP contribution is 2.66. The lowest BCUT2D eigenvalue weighted by Gasteiger charge is -2.56. The van der Waals surface area contributed by atoms with Gasteiger partial charge in [0.2, 0.25) is 0 Å². The first kappa shape index (κ1) is 18.0. The standard InChI is InChI=1S/C22H30O4/c1-14(23)26-19-6-5-11-20(2)16-9-12-21(3)17(10-13-22(21,24)25-4)15(16)7-8-18(19)20/h5,7-8,11,15-17,24H,6,9-10,12-13H2,1-4H3/t15-,16+,17+,20-,21+,22-/m1/s1. The minimum atomic E-state index is -1.02. The van der Waals surface area contributed by atoms with Crippen LogP contribution in [-0.4, -0.2) is 24.0 Å². The minimum absolute atomic E-state index is 0.114. The molecule has 1 N–H and O–H groups in total. The average molecular weight is 358 g/mol. The molecule has 0 spiro atoms. The van der Waals surface area contributed by atoms with Crippen molar-refractivity contribution in [3.8, 4) is 0 Å². The van der Waals surface area contributed by atoms with Gasteiger partial charge in [0.1, 0.15) is 5.76 Å². The maximum Gasteiger partial charge on any atom is 0.307 e. The summed E-state index contributed by atoms with van der Waals surface area (Å²) in [5.41, 5.74) is 0.833. The molecule has 4 aliphatic rings. The predicted octanol–water partition coefficient (Wildman–Crippen LogP) is 4.12. The number of hydrogen-bond donors (Lipinski definition) is 1. The first-order chi connectivity index (χ1) is 12.2.